The van der Waals surface area contributed by atoms with Crippen LogP contribution in [0.25, 0.3) is 11.1 Å². The lowest BCUT2D eigenvalue weighted by molar-refractivity contribution is 0.0931. The number of rotatable bonds is 4. The molecule has 0 aliphatic carbocycles. The lowest BCUT2D eigenvalue weighted by Crippen LogP contribution is -2.44. The van der Waals surface area contributed by atoms with Crippen molar-refractivity contribution in [2.45, 2.75) is 18.9 Å². The van der Waals surface area contributed by atoms with Gasteiger partial charge in [0.2, 0.25) is 0 Å². The fourth-order valence-electron chi connectivity index (χ4n) is 3.35. The van der Waals surface area contributed by atoms with Crippen molar-refractivity contribution in [2.75, 3.05) is 18.0 Å². The summed E-state index contributed by atoms with van der Waals surface area (Å²) in [6.07, 6.45) is 3.68. The van der Waals surface area contributed by atoms with Crippen molar-refractivity contribution in [1.29, 1.82) is 0 Å². The number of anilines is 1. The Morgan fingerprint density at radius 3 is 2.39 bits per heavy atom. The number of nitrogens with zero attached hydrogens (tertiary/aromatic N) is 2. The molecule has 1 amide bonds. The monoisotopic (exact) mass is 431 g/mol. The minimum atomic E-state index is -0.0339. The SMILES string of the molecule is O=C(NC1CCN(c2nccs2)CC1)c1ccc(-c2ccc(Cl)c(Cl)c2)cc1. The summed E-state index contributed by atoms with van der Waals surface area (Å²) in [4.78, 5) is 19.2. The van der Waals surface area contributed by atoms with E-state index < -0.39 is 0 Å². The number of piperidine rings is 1. The maximum atomic E-state index is 12.6. The number of hydrogen-bond acceptors (Lipinski definition) is 4. The van der Waals surface area contributed by atoms with E-state index in [0.717, 1.165) is 42.2 Å². The van der Waals surface area contributed by atoms with E-state index in [1.165, 1.54) is 0 Å². The Morgan fingerprint density at radius 1 is 1.04 bits per heavy atom. The molecular weight excluding hydrogens is 413 g/mol. The van der Waals surface area contributed by atoms with Crippen molar-refractivity contribution in [3.05, 3.63) is 69.7 Å². The summed E-state index contributed by atoms with van der Waals surface area (Å²) in [5.41, 5.74) is 2.62. The summed E-state index contributed by atoms with van der Waals surface area (Å²) in [6, 6.07) is 13.3. The predicted octanol–water partition coefficient (Wildman–Crippen LogP) is 5.52. The van der Waals surface area contributed by atoms with Crippen LogP contribution in [0.1, 0.15) is 23.2 Å². The Balaban J connectivity index is 1.35. The summed E-state index contributed by atoms with van der Waals surface area (Å²) >= 11 is 13.7. The maximum Gasteiger partial charge on any atom is 0.251 e. The lowest BCUT2D eigenvalue weighted by atomic mass is 10.0. The molecule has 0 unspecified atom stereocenters. The number of thiazole rings is 1. The second-order valence-corrected chi connectivity index (χ2v) is 8.44. The van der Waals surface area contributed by atoms with Crippen LogP contribution in [0.15, 0.2) is 54.0 Å². The molecule has 4 rings (SSSR count). The van der Waals surface area contributed by atoms with E-state index >= 15 is 0 Å². The van der Waals surface area contributed by atoms with E-state index in [4.69, 9.17) is 23.2 Å². The zero-order valence-electron chi connectivity index (χ0n) is 15.1. The van der Waals surface area contributed by atoms with Gasteiger partial charge in [-0.05, 0) is 48.2 Å². The van der Waals surface area contributed by atoms with Gasteiger partial charge in [0, 0.05) is 36.3 Å². The van der Waals surface area contributed by atoms with Gasteiger partial charge in [0.05, 0.1) is 10.0 Å². The van der Waals surface area contributed by atoms with Crippen molar-refractivity contribution in [3.63, 3.8) is 0 Å². The van der Waals surface area contributed by atoms with E-state index in [-0.39, 0.29) is 11.9 Å². The molecule has 1 N–H and O–H groups in total. The van der Waals surface area contributed by atoms with Crippen molar-refractivity contribution in [2.24, 2.45) is 0 Å². The quantitative estimate of drug-likeness (QED) is 0.591. The van der Waals surface area contributed by atoms with Crippen LogP contribution in [-0.4, -0.2) is 30.0 Å². The van der Waals surface area contributed by atoms with Gasteiger partial charge in [-0.2, -0.15) is 0 Å². The Labute approximate surface area is 178 Å². The molecule has 144 valence electrons. The maximum absolute atomic E-state index is 12.6. The van der Waals surface area contributed by atoms with Gasteiger partial charge < -0.3 is 10.2 Å². The first-order valence-electron chi connectivity index (χ1n) is 9.11. The van der Waals surface area contributed by atoms with Gasteiger partial charge in [-0.15, -0.1) is 11.3 Å². The molecule has 7 heteroatoms. The second kappa shape index (κ2) is 8.52. The molecule has 1 saturated heterocycles. The van der Waals surface area contributed by atoms with E-state index in [9.17, 15) is 4.79 Å². The molecule has 1 aliphatic rings. The Bertz CT molecular complexity index is 952. The first-order chi connectivity index (χ1) is 13.6. The van der Waals surface area contributed by atoms with E-state index in [2.05, 4.69) is 15.2 Å². The van der Waals surface area contributed by atoms with Gasteiger partial charge in [-0.3, -0.25) is 4.79 Å². The van der Waals surface area contributed by atoms with Crippen LogP contribution in [0.2, 0.25) is 10.0 Å². The van der Waals surface area contributed by atoms with Gasteiger partial charge in [0.25, 0.3) is 5.91 Å². The van der Waals surface area contributed by atoms with Gasteiger partial charge in [-0.1, -0.05) is 41.4 Å². The highest BCUT2D eigenvalue weighted by Gasteiger charge is 2.22. The standard InChI is InChI=1S/C21H19Cl2N3OS/c22-18-6-5-16(13-19(18)23)14-1-3-15(4-2-14)20(27)25-17-7-10-26(11-8-17)21-24-9-12-28-21/h1-6,9,12-13,17H,7-8,10-11H2,(H,25,27). The fourth-order valence-corrected chi connectivity index (χ4v) is 4.34. The molecule has 1 aromatic heterocycles. The number of carbonyl (C=O) groups is 1. The van der Waals surface area contributed by atoms with E-state index in [1.807, 2.05) is 48.0 Å². The Kier molecular flexibility index (Phi) is 5.85. The number of nitrogens with one attached hydrogen (secondary N) is 1. The lowest BCUT2D eigenvalue weighted by Gasteiger charge is -2.32. The first-order valence-corrected chi connectivity index (χ1v) is 10.7. The molecule has 1 fully saturated rings. The van der Waals surface area contributed by atoms with Gasteiger partial charge >= 0.3 is 0 Å². The van der Waals surface area contributed by atoms with Crippen LogP contribution < -0.4 is 10.2 Å². The number of carbonyl (C=O) groups excluding carboxylic acids is 1. The molecule has 28 heavy (non-hydrogen) atoms. The number of benzene rings is 2. The van der Waals surface area contributed by atoms with Crippen LogP contribution in [0.5, 0.6) is 0 Å². The largest absolute Gasteiger partial charge is 0.349 e. The predicted molar refractivity (Wildman–Crippen MR) is 117 cm³/mol. The Hall–Kier alpha value is -2.08. The molecule has 3 aromatic rings. The van der Waals surface area contributed by atoms with Crippen molar-refractivity contribution >= 4 is 45.6 Å². The minimum Gasteiger partial charge on any atom is -0.349 e. The number of halogens is 2. The van der Waals surface area contributed by atoms with Crippen LogP contribution in [-0.2, 0) is 0 Å². The number of hydrogen-bond donors (Lipinski definition) is 1. The molecule has 4 nitrogen and oxygen atoms in total. The summed E-state index contributed by atoms with van der Waals surface area (Å²) in [7, 11) is 0. The molecule has 0 bridgehead atoms. The van der Waals surface area contributed by atoms with Gasteiger partial charge in [0.15, 0.2) is 5.13 Å². The van der Waals surface area contributed by atoms with Gasteiger partial charge in [-0.25, -0.2) is 4.98 Å². The second-order valence-electron chi connectivity index (χ2n) is 6.76. The highest BCUT2D eigenvalue weighted by atomic mass is 35.5. The molecular formula is C21H19Cl2N3OS. The normalized spacial score (nSPS) is 14.9. The van der Waals surface area contributed by atoms with Gasteiger partial charge in [0.1, 0.15) is 0 Å². The Morgan fingerprint density at radius 2 is 1.75 bits per heavy atom. The number of amides is 1. The van der Waals surface area contributed by atoms with Crippen molar-refractivity contribution < 1.29 is 4.79 Å². The highest BCUT2D eigenvalue weighted by molar-refractivity contribution is 7.13. The van der Waals surface area contributed by atoms with Crippen molar-refractivity contribution in [3.8, 4) is 11.1 Å². The summed E-state index contributed by atoms with van der Waals surface area (Å²) in [5, 5.41) is 7.25. The zero-order valence-corrected chi connectivity index (χ0v) is 17.4. The number of aromatic nitrogens is 1. The average Bonchev–Trinajstić information content (AvgIpc) is 3.26. The molecule has 0 radical (unpaired) electrons. The summed E-state index contributed by atoms with van der Waals surface area (Å²) in [5.74, 6) is -0.0339. The first kappa shape index (κ1) is 19.2. The highest BCUT2D eigenvalue weighted by Crippen LogP contribution is 2.28. The van der Waals surface area contributed by atoms with Crippen molar-refractivity contribution in [1.82, 2.24) is 10.3 Å². The van der Waals surface area contributed by atoms with Crippen LogP contribution in [0.4, 0.5) is 5.13 Å². The average molecular weight is 432 g/mol. The van der Waals surface area contributed by atoms with Crippen LogP contribution >= 0.6 is 34.5 Å². The van der Waals surface area contributed by atoms with Crippen LogP contribution in [0.3, 0.4) is 0 Å². The molecule has 0 saturated carbocycles. The van der Waals surface area contributed by atoms with E-state index in [0.29, 0.717) is 15.6 Å². The third-order valence-electron chi connectivity index (χ3n) is 4.92. The third-order valence-corrected chi connectivity index (χ3v) is 6.49. The molecule has 1 aliphatic heterocycles. The smallest absolute Gasteiger partial charge is 0.251 e. The molecule has 0 atom stereocenters. The fraction of sp³-hybridized carbons (Fsp3) is 0.238. The summed E-state index contributed by atoms with van der Waals surface area (Å²) in [6.45, 7) is 1.82. The minimum absolute atomic E-state index is 0.0339. The molecule has 0 spiro atoms. The third kappa shape index (κ3) is 4.32. The molecule has 2 heterocycles. The summed E-state index contributed by atoms with van der Waals surface area (Å²) < 4.78 is 0. The van der Waals surface area contributed by atoms with E-state index in [1.54, 1.807) is 17.4 Å². The topological polar surface area (TPSA) is 45.2 Å². The van der Waals surface area contributed by atoms with Crippen LogP contribution in [0, 0.1) is 0 Å². The zero-order chi connectivity index (χ0) is 19.5. The molecule has 2 aromatic carbocycles.